The molecule has 0 aliphatic carbocycles. The zero-order chi connectivity index (χ0) is 21.2. The van der Waals surface area contributed by atoms with Gasteiger partial charge in [-0.3, -0.25) is 9.36 Å². The number of H-pyrrole nitrogens is 1. The monoisotopic (exact) mass is 444 g/mol. The highest BCUT2D eigenvalue weighted by Gasteiger charge is 2.19. The normalized spacial score (nSPS) is 11.1. The molecular formula is C24H17ClN4OS. The fourth-order valence-electron chi connectivity index (χ4n) is 3.39. The molecule has 0 fully saturated rings. The fourth-order valence-corrected chi connectivity index (χ4v) is 4.36. The largest absolute Gasteiger partial charge is 0.352 e. The van der Waals surface area contributed by atoms with Gasteiger partial charge in [0.15, 0.2) is 16.8 Å². The van der Waals surface area contributed by atoms with Crippen molar-refractivity contribution in [1.29, 1.82) is 0 Å². The number of para-hydroxylation sites is 2. The van der Waals surface area contributed by atoms with E-state index >= 15 is 0 Å². The number of nitrogens with one attached hydrogen (secondary N) is 1. The molecule has 5 aromatic rings. The average Bonchev–Trinajstić information content (AvgIpc) is 3.42. The minimum absolute atomic E-state index is 0.0106. The zero-order valence-corrected chi connectivity index (χ0v) is 17.9. The van der Waals surface area contributed by atoms with Crippen molar-refractivity contribution in [1.82, 2.24) is 19.7 Å². The molecule has 3 aromatic carbocycles. The van der Waals surface area contributed by atoms with Crippen LogP contribution in [0.15, 0.2) is 90.1 Å². The van der Waals surface area contributed by atoms with Crippen LogP contribution < -0.4 is 0 Å². The van der Waals surface area contributed by atoms with Crippen molar-refractivity contribution in [3.8, 4) is 17.2 Å². The summed E-state index contributed by atoms with van der Waals surface area (Å²) >= 11 is 7.29. The van der Waals surface area contributed by atoms with Crippen LogP contribution in [0.2, 0.25) is 5.02 Å². The van der Waals surface area contributed by atoms with Crippen LogP contribution in [0.4, 0.5) is 0 Å². The van der Waals surface area contributed by atoms with E-state index in [0.29, 0.717) is 21.6 Å². The Hall–Kier alpha value is -3.35. The molecule has 31 heavy (non-hydrogen) atoms. The Bertz CT molecular complexity index is 1330. The van der Waals surface area contributed by atoms with Crippen molar-refractivity contribution in [3.05, 3.63) is 95.5 Å². The molecule has 0 unspecified atom stereocenters. The first-order chi connectivity index (χ1) is 15.2. The number of ketones is 1. The number of benzene rings is 3. The number of hydrogen-bond acceptors (Lipinski definition) is 4. The standard InChI is InChI=1S/C24H17ClN4OS/c25-18-12-10-16(11-13-18)22(30)15-31-24-28-27-23(29(24)19-7-2-1-3-8-19)21-14-17-6-4-5-9-20(17)26-21/h1-14,26H,15H2. The van der Waals surface area contributed by atoms with E-state index in [1.54, 1.807) is 24.3 Å². The average molecular weight is 445 g/mol. The number of carbonyl (C=O) groups is 1. The summed E-state index contributed by atoms with van der Waals surface area (Å²) in [5.41, 5.74) is 3.46. The van der Waals surface area contributed by atoms with Gasteiger partial charge < -0.3 is 4.98 Å². The Balaban J connectivity index is 1.50. The molecule has 0 atom stereocenters. The quantitative estimate of drug-likeness (QED) is 0.256. The molecule has 0 radical (unpaired) electrons. The second-order valence-corrected chi connectivity index (χ2v) is 8.35. The molecule has 0 saturated heterocycles. The Kier molecular flexibility index (Phi) is 5.32. The molecular weight excluding hydrogens is 428 g/mol. The molecule has 2 aromatic heterocycles. The third-order valence-electron chi connectivity index (χ3n) is 4.92. The number of fused-ring (bicyclic) bond motifs is 1. The van der Waals surface area contributed by atoms with Crippen LogP contribution in [0.3, 0.4) is 0 Å². The second kappa shape index (κ2) is 8.41. The highest BCUT2D eigenvalue weighted by molar-refractivity contribution is 7.99. The maximum absolute atomic E-state index is 12.6. The molecule has 1 N–H and O–H groups in total. The van der Waals surface area contributed by atoms with E-state index in [9.17, 15) is 4.79 Å². The first-order valence-electron chi connectivity index (χ1n) is 9.69. The molecule has 0 aliphatic rings. The maximum Gasteiger partial charge on any atom is 0.196 e. The van der Waals surface area contributed by atoms with E-state index in [1.165, 1.54) is 11.8 Å². The third kappa shape index (κ3) is 4.00. The SMILES string of the molecule is O=C(CSc1nnc(-c2cc3ccccc3[nH]2)n1-c1ccccc1)c1ccc(Cl)cc1. The summed E-state index contributed by atoms with van der Waals surface area (Å²) < 4.78 is 1.98. The van der Waals surface area contributed by atoms with Crippen LogP contribution in [0.25, 0.3) is 28.1 Å². The summed E-state index contributed by atoms with van der Waals surface area (Å²) in [4.78, 5) is 16.1. The van der Waals surface area contributed by atoms with Gasteiger partial charge in [-0.05, 0) is 48.5 Å². The van der Waals surface area contributed by atoms with E-state index in [0.717, 1.165) is 22.3 Å². The molecule has 0 amide bonds. The molecule has 0 aliphatic heterocycles. The van der Waals surface area contributed by atoms with Crippen LogP contribution in [0, 0.1) is 0 Å². The van der Waals surface area contributed by atoms with Crippen molar-refractivity contribution in [3.63, 3.8) is 0 Å². The van der Waals surface area contributed by atoms with Crippen molar-refractivity contribution in [2.24, 2.45) is 0 Å². The third-order valence-corrected chi connectivity index (χ3v) is 6.10. The van der Waals surface area contributed by atoms with Gasteiger partial charge in [0.05, 0.1) is 11.4 Å². The number of carbonyl (C=O) groups excluding carboxylic acids is 1. The predicted molar refractivity (Wildman–Crippen MR) is 125 cm³/mol. The summed E-state index contributed by atoms with van der Waals surface area (Å²) in [6, 6.07) is 27.0. The van der Waals surface area contributed by atoms with E-state index in [2.05, 4.69) is 27.3 Å². The maximum atomic E-state index is 12.6. The molecule has 5 rings (SSSR count). The topological polar surface area (TPSA) is 63.6 Å². The minimum Gasteiger partial charge on any atom is -0.352 e. The summed E-state index contributed by atoms with van der Waals surface area (Å²) in [5, 5.41) is 11.2. The molecule has 0 spiro atoms. The lowest BCUT2D eigenvalue weighted by Crippen LogP contribution is -2.05. The Morgan fingerprint density at radius 1 is 0.935 bits per heavy atom. The highest BCUT2D eigenvalue weighted by Crippen LogP contribution is 2.30. The van der Waals surface area contributed by atoms with E-state index in [1.807, 2.05) is 53.1 Å². The summed E-state index contributed by atoms with van der Waals surface area (Å²) in [6.07, 6.45) is 0. The van der Waals surface area contributed by atoms with Crippen LogP contribution in [0.1, 0.15) is 10.4 Å². The molecule has 7 heteroatoms. The predicted octanol–water partition coefficient (Wildman–Crippen LogP) is 6.04. The van der Waals surface area contributed by atoms with Crippen molar-refractivity contribution in [2.75, 3.05) is 5.75 Å². The fraction of sp³-hybridized carbons (Fsp3) is 0.0417. The number of Topliss-reactive ketones (excluding diaryl/α,β-unsaturated/α-hetero) is 1. The Morgan fingerprint density at radius 3 is 2.45 bits per heavy atom. The van der Waals surface area contributed by atoms with Gasteiger partial charge in [0.1, 0.15) is 0 Å². The van der Waals surface area contributed by atoms with Gasteiger partial charge in [-0.15, -0.1) is 10.2 Å². The molecule has 5 nitrogen and oxygen atoms in total. The number of rotatable bonds is 6. The number of aromatic amines is 1. The lowest BCUT2D eigenvalue weighted by molar-refractivity contribution is 0.102. The Morgan fingerprint density at radius 2 is 1.68 bits per heavy atom. The lowest BCUT2D eigenvalue weighted by Gasteiger charge is -2.09. The number of nitrogens with zero attached hydrogens (tertiary/aromatic N) is 3. The highest BCUT2D eigenvalue weighted by atomic mass is 35.5. The number of halogens is 1. The molecule has 0 saturated carbocycles. The molecule has 0 bridgehead atoms. The zero-order valence-electron chi connectivity index (χ0n) is 16.3. The van der Waals surface area contributed by atoms with Crippen LogP contribution >= 0.6 is 23.4 Å². The van der Waals surface area contributed by atoms with Gasteiger partial charge in [0, 0.05) is 27.2 Å². The Labute approximate surface area is 188 Å². The van der Waals surface area contributed by atoms with Gasteiger partial charge in [0.2, 0.25) is 0 Å². The van der Waals surface area contributed by atoms with Gasteiger partial charge in [-0.2, -0.15) is 0 Å². The first-order valence-corrected chi connectivity index (χ1v) is 11.1. The van der Waals surface area contributed by atoms with Crippen molar-refractivity contribution in [2.45, 2.75) is 5.16 Å². The summed E-state index contributed by atoms with van der Waals surface area (Å²) in [6.45, 7) is 0. The first kappa shape index (κ1) is 19.6. The van der Waals surface area contributed by atoms with Crippen LogP contribution in [-0.2, 0) is 0 Å². The van der Waals surface area contributed by atoms with Crippen molar-refractivity contribution >= 4 is 40.0 Å². The minimum atomic E-state index is 0.0106. The number of thioether (sulfide) groups is 1. The smallest absolute Gasteiger partial charge is 0.196 e. The van der Waals surface area contributed by atoms with Gasteiger partial charge in [-0.25, -0.2) is 0 Å². The second-order valence-electron chi connectivity index (χ2n) is 6.97. The van der Waals surface area contributed by atoms with Gasteiger partial charge in [0.25, 0.3) is 0 Å². The van der Waals surface area contributed by atoms with Crippen LogP contribution in [-0.4, -0.2) is 31.3 Å². The summed E-state index contributed by atoms with van der Waals surface area (Å²) in [7, 11) is 0. The molecule has 2 heterocycles. The number of aromatic nitrogens is 4. The summed E-state index contributed by atoms with van der Waals surface area (Å²) in [5.74, 6) is 0.958. The van der Waals surface area contributed by atoms with E-state index < -0.39 is 0 Å². The van der Waals surface area contributed by atoms with E-state index in [4.69, 9.17) is 11.6 Å². The molecule has 152 valence electrons. The van der Waals surface area contributed by atoms with Gasteiger partial charge >= 0.3 is 0 Å². The van der Waals surface area contributed by atoms with Crippen molar-refractivity contribution < 1.29 is 4.79 Å². The number of hydrogen-bond donors (Lipinski definition) is 1. The van der Waals surface area contributed by atoms with Gasteiger partial charge in [-0.1, -0.05) is 59.8 Å². The van der Waals surface area contributed by atoms with Crippen LogP contribution in [0.5, 0.6) is 0 Å². The lowest BCUT2D eigenvalue weighted by atomic mass is 10.1. The van der Waals surface area contributed by atoms with E-state index in [-0.39, 0.29) is 11.5 Å².